The van der Waals surface area contributed by atoms with Crippen molar-refractivity contribution >= 4 is 11.9 Å². The zero-order valence-corrected chi connectivity index (χ0v) is 46.4. The third kappa shape index (κ3) is 13.4. The van der Waals surface area contributed by atoms with Crippen LogP contribution in [0.2, 0.25) is 0 Å². The molecule has 3 fully saturated rings. The highest BCUT2D eigenvalue weighted by atomic mass is 16.8. The Morgan fingerprint density at radius 2 is 1.08 bits per heavy atom. The molecule has 3 heterocycles. The molecule has 5 aliphatic rings. The molecule has 0 aromatic heterocycles. The number of rotatable bonds is 27. The van der Waals surface area contributed by atoms with E-state index in [2.05, 4.69) is 22.8 Å². The first-order valence-corrected chi connectivity index (χ1v) is 26.1. The number of aliphatic hydroxyl groups excluding tert-OH is 1. The van der Waals surface area contributed by atoms with Gasteiger partial charge in [0.15, 0.2) is 18.8 Å². The lowest BCUT2D eigenvalue weighted by molar-refractivity contribution is -0.375. The highest BCUT2D eigenvalue weighted by Crippen LogP contribution is 2.45. The number of aliphatic hydroxyl groups is 1. The topological polar surface area (TPSA) is 235 Å². The van der Waals surface area contributed by atoms with Crippen molar-refractivity contribution in [3.8, 4) is 11.1 Å². The van der Waals surface area contributed by atoms with Gasteiger partial charge in [-0.1, -0.05) is 54.6 Å². The average Bonchev–Trinajstić information content (AvgIpc) is 3.79. The Morgan fingerprint density at radius 1 is 0.558 bits per heavy atom. The van der Waals surface area contributed by atoms with E-state index in [1.54, 1.807) is 35.5 Å². The van der Waals surface area contributed by atoms with Gasteiger partial charge in [-0.25, -0.2) is 0 Å². The molecule has 0 radical (unpaired) electrons. The van der Waals surface area contributed by atoms with Crippen LogP contribution in [0.4, 0.5) is 0 Å². The van der Waals surface area contributed by atoms with E-state index < -0.39 is 122 Å². The SMILES string of the molecule is COCC1=C[C@@H](N[C@H]2C(C)O[C@@H](O[C@H]3C(COC)O[C@@H](O[C@H]4C(COC)OC(NC(=O)CCC(=O)OCC5c6ccccc6-c6ccccc65)C(OC)[C@H]4OC)C(OC)[C@H]3OC)C(OC)[C@H]2OC)C(OC)[C@@H](OC)[C@H]1CO. The summed E-state index contributed by atoms with van der Waals surface area (Å²) in [7, 11) is 17.0. The third-order valence-electron chi connectivity index (χ3n) is 15.5. The fourth-order valence-corrected chi connectivity index (χ4v) is 11.9. The predicted molar refractivity (Wildman–Crippen MR) is 275 cm³/mol. The highest BCUT2D eigenvalue weighted by Gasteiger charge is 2.56. The van der Waals surface area contributed by atoms with Crippen LogP contribution >= 0.6 is 0 Å². The van der Waals surface area contributed by atoms with Crippen molar-refractivity contribution < 1.29 is 95.2 Å². The van der Waals surface area contributed by atoms with Crippen molar-refractivity contribution in [1.82, 2.24) is 10.6 Å². The molecule has 432 valence electrons. The van der Waals surface area contributed by atoms with Crippen LogP contribution in [0.25, 0.3) is 11.1 Å². The van der Waals surface area contributed by atoms with Crippen molar-refractivity contribution in [3.63, 3.8) is 0 Å². The molecule has 3 saturated heterocycles. The number of nitrogens with one attached hydrogen (secondary N) is 2. The summed E-state index contributed by atoms with van der Waals surface area (Å²) in [4.78, 5) is 26.7. The number of methoxy groups -OCH3 is 11. The standard InChI is InChI=1S/C55H82N2O20/c1-29-42(56-37-23-30(25-61-2)35(24-58)43(64-5)44(37)65-6)47(66-7)51(70-11)54(73-29)76-46-39(28-63-4)75-55(52(71-12)49(46)68-9)77-45-38(27-62-3)74-53(50(69-10)48(45)67-8)57-40(59)21-22-41(60)72-26-36-33-19-15-13-17-31(33)32-18-14-16-20-34(32)36/h13-20,23,29,35-39,42-56,58H,21-22,24-28H2,1-12H3,(H,57,59)/t29?,35-,37+,38?,39?,42-,43-,44?,45-,46-,47-,48-,49-,50?,51?,52?,53?,54-,55-/m0/s1. The summed E-state index contributed by atoms with van der Waals surface area (Å²) >= 11 is 0. The first-order chi connectivity index (χ1) is 37.4. The zero-order chi connectivity index (χ0) is 55.3. The number of carbonyl (C=O) groups is 2. The lowest BCUT2D eigenvalue weighted by Gasteiger charge is -2.51. The second-order valence-corrected chi connectivity index (χ2v) is 19.7. The maximum Gasteiger partial charge on any atom is 0.306 e. The smallest absolute Gasteiger partial charge is 0.306 e. The van der Waals surface area contributed by atoms with E-state index in [0.29, 0.717) is 6.61 Å². The largest absolute Gasteiger partial charge is 0.465 e. The van der Waals surface area contributed by atoms with Gasteiger partial charge in [-0.15, -0.1) is 0 Å². The van der Waals surface area contributed by atoms with Gasteiger partial charge in [0, 0.05) is 96.5 Å². The van der Waals surface area contributed by atoms with Crippen LogP contribution in [0, 0.1) is 5.92 Å². The van der Waals surface area contributed by atoms with Crippen LogP contribution in [0.15, 0.2) is 60.2 Å². The van der Waals surface area contributed by atoms with Gasteiger partial charge in [0.2, 0.25) is 5.91 Å². The summed E-state index contributed by atoms with van der Waals surface area (Å²) in [6.07, 6.45) is -11.4. The second-order valence-electron chi connectivity index (χ2n) is 19.7. The maximum absolute atomic E-state index is 13.5. The highest BCUT2D eigenvalue weighted by molar-refractivity contribution is 5.82. The minimum atomic E-state index is -1.14. The number of carbonyl (C=O) groups excluding carboxylic acids is 2. The molecular formula is C55H82N2O20. The van der Waals surface area contributed by atoms with E-state index in [0.717, 1.165) is 27.8 Å². The predicted octanol–water partition coefficient (Wildman–Crippen LogP) is 2.14. The van der Waals surface area contributed by atoms with E-state index in [1.807, 2.05) is 49.4 Å². The molecule has 3 aliphatic heterocycles. The van der Waals surface area contributed by atoms with Crippen LogP contribution in [0.5, 0.6) is 0 Å². The summed E-state index contributed by atoms with van der Waals surface area (Å²) in [5.41, 5.74) is 5.30. The molecule has 0 spiro atoms. The van der Waals surface area contributed by atoms with Crippen LogP contribution in [0.1, 0.15) is 36.8 Å². The number of amides is 1. The third-order valence-corrected chi connectivity index (χ3v) is 15.5. The molecule has 7 rings (SSSR count). The molecule has 22 nitrogen and oxygen atoms in total. The minimum Gasteiger partial charge on any atom is -0.465 e. The van der Waals surface area contributed by atoms with Crippen molar-refractivity contribution in [1.29, 1.82) is 0 Å². The Kier molecular flexibility index (Phi) is 23.2. The monoisotopic (exact) mass is 1090 g/mol. The van der Waals surface area contributed by atoms with Gasteiger partial charge in [-0.05, 0) is 34.8 Å². The van der Waals surface area contributed by atoms with Crippen LogP contribution in [0.3, 0.4) is 0 Å². The number of fused-ring (bicyclic) bond motifs is 3. The second kappa shape index (κ2) is 29.2. The fourth-order valence-electron chi connectivity index (χ4n) is 11.9. The van der Waals surface area contributed by atoms with Gasteiger partial charge in [0.05, 0.1) is 57.1 Å². The van der Waals surface area contributed by atoms with Crippen molar-refractivity contribution in [2.24, 2.45) is 5.92 Å². The summed E-state index contributed by atoms with van der Waals surface area (Å²) in [6, 6.07) is 15.3. The van der Waals surface area contributed by atoms with Crippen molar-refractivity contribution in [2.75, 3.05) is 111 Å². The van der Waals surface area contributed by atoms with Gasteiger partial charge in [-0.3, -0.25) is 9.59 Å². The molecule has 1 amide bonds. The Bertz CT molecular complexity index is 2140. The quantitative estimate of drug-likeness (QED) is 0.0859. The van der Waals surface area contributed by atoms with E-state index in [4.69, 9.17) is 80.5 Å². The van der Waals surface area contributed by atoms with Gasteiger partial charge >= 0.3 is 5.97 Å². The van der Waals surface area contributed by atoms with Gasteiger partial charge in [-0.2, -0.15) is 0 Å². The molecule has 2 aliphatic carbocycles. The molecule has 2 aromatic rings. The molecule has 19 atom stereocenters. The Balaban J connectivity index is 1.01. The van der Waals surface area contributed by atoms with E-state index in [-0.39, 0.29) is 51.1 Å². The molecule has 2 aromatic carbocycles. The lowest BCUT2D eigenvalue weighted by Crippen LogP contribution is -2.69. The van der Waals surface area contributed by atoms with E-state index in [1.165, 1.54) is 42.7 Å². The first-order valence-electron chi connectivity index (χ1n) is 26.1. The van der Waals surface area contributed by atoms with Gasteiger partial charge in [0.1, 0.15) is 73.8 Å². The maximum atomic E-state index is 13.5. The minimum absolute atomic E-state index is 0.0120. The lowest BCUT2D eigenvalue weighted by atomic mass is 9.80. The Hall–Kier alpha value is -3.60. The van der Waals surface area contributed by atoms with Crippen LogP contribution in [-0.2, 0) is 90.1 Å². The number of hydrogen-bond acceptors (Lipinski definition) is 21. The Labute approximate surface area is 452 Å². The van der Waals surface area contributed by atoms with Gasteiger partial charge in [0.25, 0.3) is 0 Å². The Morgan fingerprint density at radius 3 is 1.61 bits per heavy atom. The van der Waals surface area contributed by atoms with Crippen molar-refractivity contribution in [3.05, 3.63) is 71.3 Å². The molecule has 3 N–H and O–H groups in total. The number of benzene rings is 2. The summed E-state index contributed by atoms with van der Waals surface area (Å²) in [6.45, 7) is 2.25. The summed E-state index contributed by atoms with van der Waals surface area (Å²) in [5.74, 6) is -1.41. The molecule has 8 unspecified atom stereocenters. The normalized spacial score (nSPS) is 35.2. The summed E-state index contributed by atoms with van der Waals surface area (Å²) < 4.78 is 105. The number of ether oxygens (including phenoxy) is 17. The number of hydrogen-bond donors (Lipinski definition) is 3. The van der Waals surface area contributed by atoms with E-state index in [9.17, 15) is 14.7 Å². The van der Waals surface area contributed by atoms with Crippen molar-refractivity contribution in [2.45, 2.75) is 136 Å². The fraction of sp³-hybridized carbons (Fsp3) is 0.709. The van der Waals surface area contributed by atoms with Crippen LogP contribution < -0.4 is 10.6 Å². The van der Waals surface area contributed by atoms with Crippen LogP contribution in [-0.4, -0.2) is 238 Å². The molecule has 0 saturated carbocycles. The first kappa shape index (κ1) is 61.0. The molecule has 22 heteroatoms. The van der Waals surface area contributed by atoms with Gasteiger partial charge < -0.3 is 96.3 Å². The molecule has 77 heavy (non-hydrogen) atoms. The zero-order valence-electron chi connectivity index (χ0n) is 46.4. The molecule has 0 bridgehead atoms. The average molecular weight is 1090 g/mol. The summed E-state index contributed by atoms with van der Waals surface area (Å²) in [5, 5.41) is 16.9. The molecular weight excluding hydrogens is 1010 g/mol. The van der Waals surface area contributed by atoms with E-state index >= 15 is 0 Å². The number of esters is 1.